The first-order chi connectivity index (χ1) is 12.0. The van der Waals surface area contributed by atoms with Crippen molar-refractivity contribution in [1.29, 1.82) is 0 Å². The Bertz CT molecular complexity index is 675. The summed E-state index contributed by atoms with van der Waals surface area (Å²) in [7, 11) is 3.05. The van der Waals surface area contributed by atoms with Crippen molar-refractivity contribution >= 4 is 29.5 Å². The number of rotatable bonds is 4. The fourth-order valence-corrected chi connectivity index (χ4v) is 3.06. The number of ether oxygens (including phenoxy) is 2. The van der Waals surface area contributed by atoms with Crippen molar-refractivity contribution in [2.24, 2.45) is 0 Å². The van der Waals surface area contributed by atoms with Crippen molar-refractivity contribution in [3.8, 4) is 11.5 Å². The largest absolute Gasteiger partial charge is 0.493 e. The van der Waals surface area contributed by atoms with Gasteiger partial charge in [-0.1, -0.05) is 11.6 Å². The number of carbonyl (C=O) groups is 2. The quantitative estimate of drug-likeness (QED) is 0.768. The Morgan fingerprint density at radius 3 is 2.40 bits per heavy atom. The Morgan fingerprint density at radius 1 is 1.08 bits per heavy atom. The Balaban J connectivity index is 2.07. The van der Waals surface area contributed by atoms with Gasteiger partial charge in [0, 0.05) is 39.2 Å². The molecule has 7 heteroatoms. The van der Waals surface area contributed by atoms with Gasteiger partial charge in [0.05, 0.1) is 19.2 Å². The van der Waals surface area contributed by atoms with Crippen molar-refractivity contribution in [2.45, 2.75) is 13.3 Å². The zero-order valence-electron chi connectivity index (χ0n) is 14.8. The van der Waals surface area contributed by atoms with Gasteiger partial charge in [-0.2, -0.15) is 0 Å². The van der Waals surface area contributed by atoms with Crippen LogP contribution >= 0.6 is 11.6 Å². The molecule has 1 aromatic rings. The van der Waals surface area contributed by atoms with Gasteiger partial charge in [0.25, 0.3) is 0 Å². The van der Waals surface area contributed by atoms with E-state index in [-0.39, 0.29) is 11.8 Å². The minimum Gasteiger partial charge on any atom is -0.493 e. The van der Waals surface area contributed by atoms with E-state index in [0.29, 0.717) is 42.7 Å². The second-order valence-corrected chi connectivity index (χ2v) is 6.16. The molecule has 1 heterocycles. The maximum atomic E-state index is 12.4. The van der Waals surface area contributed by atoms with Crippen LogP contribution in [0.1, 0.15) is 18.9 Å². The lowest BCUT2D eigenvalue weighted by atomic mass is 10.2. The van der Waals surface area contributed by atoms with Gasteiger partial charge in [-0.15, -0.1) is 0 Å². The van der Waals surface area contributed by atoms with E-state index in [1.807, 2.05) is 0 Å². The lowest BCUT2D eigenvalue weighted by Crippen LogP contribution is -2.35. The number of amides is 2. The molecular weight excluding hydrogens is 344 g/mol. The van der Waals surface area contributed by atoms with Crippen molar-refractivity contribution < 1.29 is 19.1 Å². The number of halogens is 1. The predicted octanol–water partition coefficient (Wildman–Crippen LogP) is 2.45. The minimum absolute atomic E-state index is 0.0461. The molecule has 0 aliphatic carbocycles. The Hall–Kier alpha value is -2.21. The molecule has 0 bridgehead atoms. The highest BCUT2D eigenvalue weighted by Gasteiger charge is 2.18. The van der Waals surface area contributed by atoms with Crippen molar-refractivity contribution in [2.75, 3.05) is 40.4 Å². The van der Waals surface area contributed by atoms with E-state index in [2.05, 4.69) is 0 Å². The average Bonchev–Trinajstić information content (AvgIpc) is 2.85. The molecule has 1 fully saturated rings. The zero-order chi connectivity index (χ0) is 18.4. The standard InChI is InChI=1S/C18H23ClN2O4/c1-13(22)20-7-4-8-21(10-9-20)17(23)6-5-14-11-15(19)18(25-3)16(12-14)24-2/h5-6,11-12H,4,7-10H2,1-3H3/b6-5+. The maximum Gasteiger partial charge on any atom is 0.246 e. The van der Waals surface area contributed by atoms with Crippen LogP contribution in [0, 0.1) is 0 Å². The molecule has 2 rings (SSSR count). The van der Waals surface area contributed by atoms with E-state index < -0.39 is 0 Å². The summed E-state index contributed by atoms with van der Waals surface area (Å²) in [6, 6.07) is 3.47. The van der Waals surface area contributed by atoms with Gasteiger partial charge < -0.3 is 19.3 Å². The summed E-state index contributed by atoms with van der Waals surface area (Å²) in [4.78, 5) is 27.4. The molecule has 0 N–H and O–H groups in total. The lowest BCUT2D eigenvalue weighted by Gasteiger charge is -2.20. The van der Waals surface area contributed by atoms with Gasteiger partial charge >= 0.3 is 0 Å². The third-order valence-corrected chi connectivity index (χ3v) is 4.41. The molecule has 6 nitrogen and oxygen atoms in total. The third-order valence-electron chi connectivity index (χ3n) is 4.13. The number of hydrogen-bond donors (Lipinski definition) is 0. The monoisotopic (exact) mass is 366 g/mol. The zero-order valence-corrected chi connectivity index (χ0v) is 15.5. The van der Waals surface area contributed by atoms with Gasteiger partial charge in [-0.05, 0) is 30.2 Å². The number of nitrogens with zero attached hydrogens (tertiary/aromatic N) is 2. The molecule has 1 aromatic carbocycles. The first kappa shape index (κ1) is 19.1. The van der Waals surface area contributed by atoms with Gasteiger partial charge in [0.1, 0.15) is 0 Å². The maximum absolute atomic E-state index is 12.4. The van der Waals surface area contributed by atoms with Crippen LogP contribution in [0.3, 0.4) is 0 Å². The molecule has 0 saturated carbocycles. The molecule has 2 amide bonds. The van der Waals surface area contributed by atoms with Crippen LogP contribution in [0.4, 0.5) is 0 Å². The highest BCUT2D eigenvalue weighted by Crippen LogP contribution is 2.36. The van der Waals surface area contributed by atoms with E-state index in [1.54, 1.807) is 34.9 Å². The van der Waals surface area contributed by atoms with E-state index in [9.17, 15) is 9.59 Å². The molecule has 1 saturated heterocycles. The Kier molecular flexibility index (Phi) is 6.70. The van der Waals surface area contributed by atoms with Crippen LogP contribution < -0.4 is 9.47 Å². The summed E-state index contributed by atoms with van der Waals surface area (Å²) in [6.07, 6.45) is 3.99. The molecule has 1 aliphatic rings. The van der Waals surface area contributed by atoms with Crippen LogP contribution in [0.15, 0.2) is 18.2 Å². The molecule has 0 aromatic heterocycles. The second kappa shape index (κ2) is 8.76. The average molecular weight is 367 g/mol. The molecule has 25 heavy (non-hydrogen) atoms. The predicted molar refractivity (Wildman–Crippen MR) is 97.0 cm³/mol. The van der Waals surface area contributed by atoms with Crippen LogP contribution in [0.25, 0.3) is 6.08 Å². The van der Waals surface area contributed by atoms with Gasteiger partial charge in [0.15, 0.2) is 11.5 Å². The first-order valence-corrected chi connectivity index (χ1v) is 8.48. The normalized spacial score (nSPS) is 15.2. The number of hydrogen-bond acceptors (Lipinski definition) is 4. The Morgan fingerprint density at radius 2 is 1.76 bits per heavy atom. The summed E-state index contributed by atoms with van der Waals surface area (Å²) >= 11 is 6.17. The lowest BCUT2D eigenvalue weighted by molar-refractivity contribution is -0.130. The molecule has 136 valence electrons. The van der Waals surface area contributed by atoms with Gasteiger partial charge in [-0.3, -0.25) is 9.59 Å². The summed E-state index contributed by atoms with van der Waals surface area (Å²) < 4.78 is 10.5. The summed E-state index contributed by atoms with van der Waals surface area (Å²) in [5.41, 5.74) is 0.746. The molecule has 0 unspecified atom stereocenters. The molecule has 0 atom stereocenters. The number of carbonyl (C=O) groups excluding carboxylic acids is 2. The van der Waals surface area contributed by atoms with E-state index in [4.69, 9.17) is 21.1 Å². The molecule has 0 spiro atoms. The summed E-state index contributed by atoms with van der Waals surface area (Å²) in [5, 5.41) is 0.417. The topological polar surface area (TPSA) is 59.1 Å². The van der Waals surface area contributed by atoms with Crippen molar-refractivity contribution in [3.63, 3.8) is 0 Å². The smallest absolute Gasteiger partial charge is 0.246 e. The second-order valence-electron chi connectivity index (χ2n) is 5.76. The van der Waals surface area contributed by atoms with E-state index in [0.717, 1.165) is 12.0 Å². The fourth-order valence-electron chi connectivity index (χ4n) is 2.76. The Labute approximate surface area is 152 Å². The highest BCUT2D eigenvalue weighted by molar-refractivity contribution is 6.32. The fraction of sp³-hybridized carbons (Fsp3) is 0.444. The first-order valence-electron chi connectivity index (χ1n) is 8.10. The summed E-state index contributed by atoms with van der Waals surface area (Å²) in [6.45, 7) is 3.98. The van der Waals surface area contributed by atoms with Crippen LogP contribution in [-0.4, -0.2) is 62.0 Å². The molecular formula is C18H23ClN2O4. The third kappa shape index (κ3) is 4.89. The number of methoxy groups -OCH3 is 2. The SMILES string of the molecule is COc1cc(/C=C/C(=O)N2CCCN(C(C)=O)CC2)cc(Cl)c1OC. The highest BCUT2D eigenvalue weighted by atomic mass is 35.5. The number of benzene rings is 1. The molecule has 0 radical (unpaired) electrons. The van der Waals surface area contributed by atoms with E-state index >= 15 is 0 Å². The summed E-state index contributed by atoms with van der Waals surface area (Å²) in [5.74, 6) is 0.930. The van der Waals surface area contributed by atoms with Gasteiger partial charge in [-0.25, -0.2) is 0 Å². The van der Waals surface area contributed by atoms with Gasteiger partial charge in [0.2, 0.25) is 11.8 Å². The van der Waals surface area contributed by atoms with E-state index in [1.165, 1.54) is 20.3 Å². The minimum atomic E-state index is -0.0868. The van der Waals surface area contributed by atoms with Crippen molar-refractivity contribution in [3.05, 3.63) is 28.8 Å². The van der Waals surface area contributed by atoms with Crippen LogP contribution in [-0.2, 0) is 9.59 Å². The van der Waals surface area contributed by atoms with Crippen molar-refractivity contribution in [1.82, 2.24) is 9.80 Å². The molecule has 1 aliphatic heterocycles. The van der Waals surface area contributed by atoms with Crippen LogP contribution in [0.2, 0.25) is 5.02 Å². The van der Waals surface area contributed by atoms with Crippen LogP contribution in [0.5, 0.6) is 11.5 Å².